The Morgan fingerprint density at radius 2 is 2.12 bits per heavy atom. The Kier molecular flexibility index (Phi) is 4.45. The minimum absolute atomic E-state index is 0.158. The molecule has 0 aromatic heterocycles. The highest BCUT2D eigenvalue weighted by atomic mass is 35.5. The van der Waals surface area contributed by atoms with E-state index >= 15 is 0 Å². The molecule has 0 aliphatic heterocycles. The van der Waals surface area contributed by atoms with Gasteiger partial charge in [-0.05, 0) is 24.6 Å². The molecule has 4 N–H and O–H groups in total. The van der Waals surface area contributed by atoms with Gasteiger partial charge < -0.3 is 15.9 Å². The van der Waals surface area contributed by atoms with Gasteiger partial charge in [0.25, 0.3) is 0 Å². The van der Waals surface area contributed by atoms with Crippen LogP contribution in [0.3, 0.4) is 0 Å². The van der Waals surface area contributed by atoms with Gasteiger partial charge in [-0.15, -0.1) is 0 Å². The highest BCUT2D eigenvalue weighted by Gasteiger charge is 2.23. The summed E-state index contributed by atoms with van der Waals surface area (Å²) in [6, 6.07) is 2.37. The van der Waals surface area contributed by atoms with Crippen LogP contribution in [-0.4, -0.2) is 22.2 Å². The summed E-state index contributed by atoms with van der Waals surface area (Å²) in [4.78, 5) is 10.6. The summed E-state index contributed by atoms with van der Waals surface area (Å²) < 4.78 is 13.5. The number of aryl methyl sites for hydroxylation is 1. The third-order valence-electron chi connectivity index (χ3n) is 2.37. The van der Waals surface area contributed by atoms with E-state index in [0.717, 1.165) is 6.07 Å². The number of benzene rings is 1. The fraction of sp³-hybridized carbons (Fsp3) is 0.364. The fourth-order valence-corrected chi connectivity index (χ4v) is 1.59. The molecule has 0 saturated heterocycles. The molecule has 0 bridgehead atoms. The number of carbonyl (C=O) groups excluding carboxylic acids is 1. The number of carbonyl (C=O) groups is 1. The Labute approximate surface area is 103 Å². The van der Waals surface area contributed by atoms with E-state index in [4.69, 9.17) is 17.3 Å². The molecule has 1 amide bonds. The van der Waals surface area contributed by atoms with Crippen molar-refractivity contribution >= 4 is 17.5 Å². The summed E-state index contributed by atoms with van der Waals surface area (Å²) in [6.07, 6.45) is -3.45. The molecule has 4 nitrogen and oxygen atoms in total. The summed E-state index contributed by atoms with van der Waals surface area (Å²) in [5, 5.41) is 19.4. The molecule has 0 fully saturated rings. The Morgan fingerprint density at radius 3 is 2.65 bits per heavy atom. The number of aliphatic hydroxyl groups excluding tert-OH is 2. The van der Waals surface area contributed by atoms with E-state index in [1.54, 1.807) is 6.92 Å². The Hall–Kier alpha value is -1.17. The highest BCUT2D eigenvalue weighted by molar-refractivity contribution is 6.31. The van der Waals surface area contributed by atoms with E-state index in [1.807, 2.05) is 0 Å². The molecule has 0 heterocycles. The predicted octanol–water partition coefficient (Wildman–Crippen LogP) is 1.06. The minimum atomic E-state index is -1.54. The maximum atomic E-state index is 13.5. The zero-order valence-electron chi connectivity index (χ0n) is 9.15. The van der Waals surface area contributed by atoms with Crippen LogP contribution in [0.1, 0.15) is 23.7 Å². The molecule has 0 aliphatic rings. The van der Waals surface area contributed by atoms with Crippen LogP contribution in [0, 0.1) is 12.7 Å². The summed E-state index contributed by atoms with van der Waals surface area (Å²) in [5.41, 5.74) is 5.23. The molecule has 1 rings (SSSR count). The first-order valence-electron chi connectivity index (χ1n) is 4.93. The normalized spacial score (nSPS) is 14.4. The van der Waals surface area contributed by atoms with Crippen molar-refractivity contribution in [1.82, 2.24) is 0 Å². The summed E-state index contributed by atoms with van der Waals surface area (Å²) in [6.45, 7) is 1.61. The molecule has 6 heteroatoms. The molecular formula is C11H13ClFNO3. The number of aliphatic hydroxyl groups is 2. The van der Waals surface area contributed by atoms with Gasteiger partial charge in [0.1, 0.15) is 11.9 Å². The second-order valence-corrected chi connectivity index (χ2v) is 4.21. The smallest absolute Gasteiger partial charge is 0.220 e. The lowest BCUT2D eigenvalue weighted by Crippen LogP contribution is -2.26. The van der Waals surface area contributed by atoms with E-state index in [1.165, 1.54) is 6.07 Å². The Balaban J connectivity index is 2.99. The minimum Gasteiger partial charge on any atom is -0.390 e. The second-order valence-electron chi connectivity index (χ2n) is 3.81. The van der Waals surface area contributed by atoms with Gasteiger partial charge in [0.05, 0.1) is 12.5 Å². The third-order valence-corrected chi connectivity index (χ3v) is 2.78. The van der Waals surface area contributed by atoms with Crippen LogP contribution in [0.2, 0.25) is 5.02 Å². The van der Waals surface area contributed by atoms with Crippen LogP contribution in [0.25, 0.3) is 0 Å². The number of hydrogen-bond acceptors (Lipinski definition) is 3. The lowest BCUT2D eigenvalue weighted by Gasteiger charge is -2.18. The summed E-state index contributed by atoms with van der Waals surface area (Å²) >= 11 is 5.79. The van der Waals surface area contributed by atoms with Crippen molar-refractivity contribution in [3.05, 3.63) is 34.1 Å². The quantitative estimate of drug-likeness (QED) is 0.758. The van der Waals surface area contributed by atoms with Crippen molar-refractivity contribution in [3.8, 4) is 0 Å². The average molecular weight is 262 g/mol. The molecule has 0 aliphatic carbocycles. The van der Waals surface area contributed by atoms with Crippen LogP contribution >= 0.6 is 11.6 Å². The predicted molar refractivity (Wildman–Crippen MR) is 60.9 cm³/mol. The van der Waals surface area contributed by atoms with Gasteiger partial charge in [0, 0.05) is 10.6 Å². The Morgan fingerprint density at radius 1 is 1.53 bits per heavy atom. The first-order chi connectivity index (χ1) is 7.82. The van der Waals surface area contributed by atoms with Crippen LogP contribution in [0.4, 0.5) is 4.39 Å². The molecule has 0 saturated carbocycles. The maximum absolute atomic E-state index is 13.5. The number of primary amides is 1. The fourth-order valence-electron chi connectivity index (χ4n) is 1.41. The summed E-state index contributed by atoms with van der Waals surface area (Å²) in [7, 11) is 0. The van der Waals surface area contributed by atoms with Crippen LogP contribution in [0.15, 0.2) is 12.1 Å². The van der Waals surface area contributed by atoms with Gasteiger partial charge in [-0.1, -0.05) is 11.6 Å². The van der Waals surface area contributed by atoms with Crippen molar-refractivity contribution in [3.63, 3.8) is 0 Å². The Bertz CT molecular complexity index is 439. The molecule has 17 heavy (non-hydrogen) atoms. The lowest BCUT2D eigenvalue weighted by molar-refractivity contribution is -0.121. The van der Waals surface area contributed by atoms with Gasteiger partial charge in [0.2, 0.25) is 5.91 Å². The molecule has 94 valence electrons. The molecule has 0 radical (unpaired) electrons. The highest BCUT2D eigenvalue weighted by Crippen LogP contribution is 2.27. The van der Waals surface area contributed by atoms with Crippen LogP contribution in [-0.2, 0) is 4.79 Å². The first-order valence-corrected chi connectivity index (χ1v) is 5.30. The van der Waals surface area contributed by atoms with Gasteiger partial charge in [0.15, 0.2) is 0 Å². The van der Waals surface area contributed by atoms with Crippen molar-refractivity contribution in [2.24, 2.45) is 5.73 Å². The van der Waals surface area contributed by atoms with Crippen LogP contribution in [0.5, 0.6) is 0 Å². The number of halogens is 2. The zero-order chi connectivity index (χ0) is 13.2. The number of hydrogen-bond donors (Lipinski definition) is 3. The number of amides is 1. The van der Waals surface area contributed by atoms with Gasteiger partial charge in [-0.25, -0.2) is 4.39 Å². The number of nitrogens with two attached hydrogens (primary N) is 1. The standard InChI is InChI=1S/C11H13ClFNO3/c1-5-2-8(13)6(3-7(5)12)11(17)9(15)4-10(14)16/h2-3,9,11,15,17H,4H2,1H3,(H2,14,16). The van der Waals surface area contributed by atoms with E-state index in [9.17, 15) is 19.4 Å². The van der Waals surface area contributed by atoms with Crippen molar-refractivity contribution < 1.29 is 19.4 Å². The summed E-state index contributed by atoms with van der Waals surface area (Å²) in [5.74, 6) is -1.47. The van der Waals surface area contributed by atoms with E-state index in [0.29, 0.717) is 5.56 Å². The van der Waals surface area contributed by atoms with Gasteiger partial charge in [-0.3, -0.25) is 4.79 Å². The zero-order valence-corrected chi connectivity index (χ0v) is 9.91. The van der Waals surface area contributed by atoms with E-state index in [-0.39, 0.29) is 10.6 Å². The maximum Gasteiger partial charge on any atom is 0.220 e. The molecule has 2 unspecified atom stereocenters. The first kappa shape index (κ1) is 13.9. The monoisotopic (exact) mass is 261 g/mol. The topological polar surface area (TPSA) is 83.6 Å². The molecule has 1 aromatic rings. The average Bonchev–Trinajstić information content (AvgIpc) is 2.21. The van der Waals surface area contributed by atoms with Crippen molar-refractivity contribution in [2.75, 3.05) is 0 Å². The van der Waals surface area contributed by atoms with Crippen molar-refractivity contribution in [2.45, 2.75) is 25.6 Å². The van der Waals surface area contributed by atoms with Crippen molar-refractivity contribution in [1.29, 1.82) is 0 Å². The van der Waals surface area contributed by atoms with Gasteiger partial charge >= 0.3 is 0 Å². The second kappa shape index (κ2) is 5.44. The lowest BCUT2D eigenvalue weighted by atomic mass is 10.00. The number of rotatable bonds is 4. The largest absolute Gasteiger partial charge is 0.390 e. The van der Waals surface area contributed by atoms with E-state index in [2.05, 4.69) is 0 Å². The SMILES string of the molecule is Cc1cc(F)c(C(O)C(O)CC(N)=O)cc1Cl. The van der Waals surface area contributed by atoms with Gasteiger partial charge in [-0.2, -0.15) is 0 Å². The third kappa shape index (κ3) is 3.39. The van der Waals surface area contributed by atoms with Crippen LogP contribution < -0.4 is 5.73 Å². The molecular weight excluding hydrogens is 249 g/mol. The molecule has 2 atom stereocenters. The van der Waals surface area contributed by atoms with E-state index < -0.39 is 30.4 Å². The molecule has 0 spiro atoms. The molecule has 1 aromatic carbocycles.